The van der Waals surface area contributed by atoms with Crippen LogP contribution < -0.4 is 0 Å². The van der Waals surface area contributed by atoms with Crippen LogP contribution in [0, 0.1) is 0 Å². The van der Waals surface area contributed by atoms with Crippen LogP contribution >= 0.6 is 0 Å². The first-order valence-corrected chi connectivity index (χ1v) is 7.42. The molecule has 0 aliphatic carbocycles. The van der Waals surface area contributed by atoms with E-state index in [9.17, 15) is 13.2 Å². The zero-order valence-corrected chi connectivity index (χ0v) is 11.9. The van der Waals surface area contributed by atoms with E-state index in [0.717, 1.165) is 0 Å². The van der Waals surface area contributed by atoms with Crippen LogP contribution in [-0.2, 0) is 10.2 Å². The van der Waals surface area contributed by atoms with Crippen molar-refractivity contribution in [2.45, 2.75) is 0 Å². The lowest BCUT2D eigenvalue weighted by molar-refractivity contribution is 0.0695. The molecule has 1 N–H and O–H groups in total. The molecular weight excluding hydrogens is 268 g/mol. The van der Waals surface area contributed by atoms with E-state index in [1.165, 1.54) is 22.7 Å². The average molecular weight is 286 g/mol. The SMILES string of the molecule is CN(C)S(=O)(=O)N1CCN(C(=O)c2cc[nH]c2)CC1. The van der Waals surface area contributed by atoms with Crippen LogP contribution in [0.15, 0.2) is 18.5 Å². The van der Waals surface area contributed by atoms with E-state index in [1.807, 2.05) is 0 Å². The lowest BCUT2D eigenvalue weighted by Crippen LogP contribution is -2.53. The Hall–Kier alpha value is -1.38. The predicted octanol–water partition coefficient (Wildman–Crippen LogP) is -0.421. The van der Waals surface area contributed by atoms with Crippen molar-refractivity contribution >= 4 is 16.1 Å². The molecule has 1 saturated heterocycles. The Morgan fingerprint density at radius 3 is 2.37 bits per heavy atom. The molecule has 1 aromatic rings. The number of rotatable bonds is 3. The summed E-state index contributed by atoms with van der Waals surface area (Å²) in [7, 11) is -0.367. The van der Waals surface area contributed by atoms with Crippen molar-refractivity contribution < 1.29 is 13.2 Å². The third-order valence-electron chi connectivity index (χ3n) is 3.16. The molecule has 0 spiro atoms. The second kappa shape index (κ2) is 5.32. The molecule has 0 bridgehead atoms. The summed E-state index contributed by atoms with van der Waals surface area (Å²) in [4.78, 5) is 16.6. The highest BCUT2D eigenvalue weighted by Crippen LogP contribution is 2.12. The van der Waals surface area contributed by atoms with Gasteiger partial charge < -0.3 is 9.88 Å². The highest BCUT2D eigenvalue weighted by Gasteiger charge is 2.30. The van der Waals surface area contributed by atoms with Crippen molar-refractivity contribution in [3.05, 3.63) is 24.0 Å². The van der Waals surface area contributed by atoms with Gasteiger partial charge in [0.2, 0.25) is 0 Å². The van der Waals surface area contributed by atoms with E-state index in [0.29, 0.717) is 31.7 Å². The first-order chi connectivity index (χ1) is 8.93. The molecule has 1 aliphatic heterocycles. The molecule has 8 heteroatoms. The average Bonchev–Trinajstić information content (AvgIpc) is 2.91. The Morgan fingerprint density at radius 2 is 1.89 bits per heavy atom. The summed E-state index contributed by atoms with van der Waals surface area (Å²) in [6.07, 6.45) is 3.34. The minimum atomic E-state index is -3.38. The van der Waals surface area contributed by atoms with Crippen molar-refractivity contribution in [1.82, 2.24) is 18.5 Å². The summed E-state index contributed by atoms with van der Waals surface area (Å²) in [6.45, 7) is 1.49. The lowest BCUT2D eigenvalue weighted by atomic mass is 10.2. The van der Waals surface area contributed by atoms with Crippen molar-refractivity contribution in [2.24, 2.45) is 0 Å². The summed E-state index contributed by atoms with van der Waals surface area (Å²) in [5.41, 5.74) is 0.601. The molecule has 1 aliphatic rings. The van der Waals surface area contributed by atoms with E-state index in [-0.39, 0.29) is 5.91 Å². The normalized spacial score (nSPS) is 17.9. The van der Waals surface area contributed by atoms with Gasteiger partial charge in [0, 0.05) is 52.7 Å². The smallest absolute Gasteiger partial charge is 0.281 e. The third kappa shape index (κ3) is 2.80. The van der Waals surface area contributed by atoms with Gasteiger partial charge >= 0.3 is 0 Å². The molecule has 0 atom stereocenters. The van der Waals surface area contributed by atoms with Crippen LogP contribution in [0.25, 0.3) is 0 Å². The minimum Gasteiger partial charge on any atom is -0.367 e. The first-order valence-electron chi connectivity index (χ1n) is 6.02. The maximum Gasteiger partial charge on any atom is 0.281 e. The molecule has 0 radical (unpaired) electrons. The van der Waals surface area contributed by atoms with E-state index >= 15 is 0 Å². The van der Waals surface area contributed by atoms with Gasteiger partial charge in [0.1, 0.15) is 0 Å². The molecule has 0 saturated carbocycles. The molecule has 1 amide bonds. The van der Waals surface area contributed by atoms with Gasteiger partial charge in [-0.15, -0.1) is 0 Å². The fraction of sp³-hybridized carbons (Fsp3) is 0.545. The summed E-state index contributed by atoms with van der Waals surface area (Å²) in [5.74, 6) is -0.0665. The van der Waals surface area contributed by atoms with E-state index < -0.39 is 10.2 Å². The number of nitrogens with one attached hydrogen (secondary N) is 1. The van der Waals surface area contributed by atoms with Crippen LogP contribution in [-0.4, -0.2) is 73.1 Å². The van der Waals surface area contributed by atoms with Crippen LogP contribution in [0.1, 0.15) is 10.4 Å². The van der Waals surface area contributed by atoms with Gasteiger partial charge in [0.05, 0.1) is 5.56 Å². The molecule has 7 nitrogen and oxygen atoms in total. The van der Waals surface area contributed by atoms with Crippen molar-refractivity contribution in [3.8, 4) is 0 Å². The monoisotopic (exact) mass is 286 g/mol. The molecular formula is C11H18N4O3S. The number of carbonyl (C=O) groups is 1. The van der Waals surface area contributed by atoms with Crippen molar-refractivity contribution in [1.29, 1.82) is 0 Å². The molecule has 2 heterocycles. The number of aromatic nitrogens is 1. The van der Waals surface area contributed by atoms with Gasteiger partial charge in [-0.05, 0) is 6.07 Å². The van der Waals surface area contributed by atoms with Gasteiger partial charge in [-0.3, -0.25) is 4.79 Å². The number of piperazine rings is 1. The molecule has 1 aromatic heterocycles. The Morgan fingerprint density at radius 1 is 1.26 bits per heavy atom. The number of hydrogen-bond donors (Lipinski definition) is 1. The van der Waals surface area contributed by atoms with Gasteiger partial charge in [0.15, 0.2) is 0 Å². The van der Waals surface area contributed by atoms with Crippen LogP contribution in [0.4, 0.5) is 0 Å². The van der Waals surface area contributed by atoms with Crippen LogP contribution in [0.5, 0.6) is 0 Å². The lowest BCUT2D eigenvalue weighted by Gasteiger charge is -2.35. The number of amides is 1. The Balaban J connectivity index is 1.98. The largest absolute Gasteiger partial charge is 0.367 e. The van der Waals surface area contributed by atoms with Crippen molar-refractivity contribution in [3.63, 3.8) is 0 Å². The number of hydrogen-bond acceptors (Lipinski definition) is 3. The third-order valence-corrected chi connectivity index (χ3v) is 5.10. The van der Waals surface area contributed by atoms with Crippen LogP contribution in [0.3, 0.4) is 0 Å². The van der Waals surface area contributed by atoms with Crippen molar-refractivity contribution in [2.75, 3.05) is 40.3 Å². The highest BCUT2D eigenvalue weighted by molar-refractivity contribution is 7.86. The zero-order chi connectivity index (χ0) is 14.0. The van der Waals surface area contributed by atoms with Gasteiger partial charge in [-0.25, -0.2) is 0 Å². The summed E-state index contributed by atoms with van der Waals surface area (Å²) in [6, 6.07) is 1.71. The molecule has 0 unspecified atom stereocenters. The van der Waals surface area contributed by atoms with Gasteiger partial charge in [-0.1, -0.05) is 0 Å². The Kier molecular flexibility index (Phi) is 3.93. The van der Waals surface area contributed by atoms with Crippen LogP contribution in [0.2, 0.25) is 0 Å². The highest BCUT2D eigenvalue weighted by atomic mass is 32.2. The second-order valence-electron chi connectivity index (χ2n) is 4.58. The Labute approximate surface area is 113 Å². The zero-order valence-electron chi connectivity index (χ0n) is 11.0. The molecule has 106 valence electrons. The summed E-state index contributed by atoms with van der Waals surface area (Å²) in [5, 5.41) is 0. The molecule has 0 aromatic carbocycles. The topological polar surface area (TPSA) is 76.7 Å². The molecule has 19 heavy (non-hydrogen) atoms. The maximum absolute atomic E-state index is 12.1. The van der Waals surface area contributed by atoms with Gasteiger partial charge in [0.25, 0.3) is 16.1 Å². The van der Waals surface area contributed by atoms with E-state index in [2.05, 4.69) is 4.98 Å². The summed E-state index contributed by atoms with van der Waals surface area (Å²) >= 11 is 0. The number of H-pyrrole nitrogens is 1. The second-order valence-corrected chi connectivity index (χ2v) is 6.72. The Bertz CT molecular complexity index is 530. The minimum absolute atomic E-state index is 0.0665. The maximum atomic E-state index is 12.1. The molecule has 2 rings (SSSR count). The quantitative estimate of drug-likeness (QED) is 0.820. The number of nitrogens with zero attached hydrogens (tertiary/aromatic N) is 3. The fourth-order valence-electron chi connectivity index (χ4n) is 1.99. The fourth-order valence-corrected chi connectivity index (χ4v) is 3.08. The number of carbonyl (C=O) groups excluding carboxylic acids is 1. The van der Waals surface area contributed by atoms with E-state index in [1.54, 1.807) is 23.4 Å². The predicted molar refractivity (Wildman–Crippen MR) is 70.9 cm³/mol. The standard InChI is InChI=1S/C11H18N4O3S/c1-13(2)19(17,18)15-7-5-14(6-8-15)11(16)10-3-4-12-9-10/h3-4,9,12H,5-8H2,1-2H3. The van der Waals surface area contributed by atoms with Gasteiger partial charge in [-0.2, -0.15) is 17.0 Å². The van der Waals surface area contributed by atoms with E-state index in [4.69, 9.17) is 0 Å². The first kappa shape index (κ1) is 14.0. The molecule has 1 fully saturated rings. The number of aromatic amines is 1. The summed E-state index contributed by atoms with van der Waals surface area (Å²) < 4.78 is 26.5.